The lowest BCUT2D eigenvalue weighted by molar-refractivity contribution is 0.618. The van der Waals surface area contributed by atoms with Crippen LogP contribution in [0.1, 0.15) is 34.3 Å². The van der Waals surface area contributed by atoms with Crippen molar-refractivity contribution in [2.75, 3.05) is 5.01 Å². The van der Waals surface area contributed by atoms with Crippen LogP contribution in [0.5, 0.6) is 0 Å². The number of anilines is 1. The first-order valence-electron chi connectivity index (χ1n) is 11.9. The van der Waals surface area contributed by atoms with Gasteiger partial charge in [0.1, 0.15) is 17.8 Å². The van der Waals surface area contributed by atoms with Gasteiger partial charge in [0, 0.05) is 6.20 Å². The van der Waals surface area contributed by atoms with Crippen LogP contribution in [0.4, 0.5) is 5.69 Å². The number of para-hydroxylation sites is 2. The number of hydrogen-bond acceptors (Lipinski definition) is 4. The van der Waals surface area contributed by atoms with Gasteiger partial charge < -0.3 is 0 Å². The average Bonchev–Trinajstić information content (AvgIpc) is 3.57. The van der Waals surface area contributed by atoms with E-state index in [0.29, 0.717) is 11.3 Å². The van der Waals surface area contributed by atoms with E-state index in [-0.39, 0.29) is 12.0 Å². The standard InChI is InChI=1S/C31H23N5/c32-21-25-22-35(26-17-9-3-10-18-26)33-30(25)31-28(23-13-5-1-6-14-23)29(24-15-7-2-8-16-24)34-36(31)27-19-11-4-12-20-27/h1-20,22,28,31H/t28-,31-/m1/s1. The third-order valence-electron chi connectivity index (χ3n) is 6.50. The molecule has 0 saturated heterocycles. The summed E-state index contributed by atoms with van der Waals surface area (Å²) in [6.45, 7) is 0. The van der Waals surface area contributed by atoms with Gasteiger partial charge in [-0.1, -0.05) is 97.1 Å². The minimum Gasteiger partial charge on any atom is -0.255 e. The molecule has 1 aromatic heterocycles. The van der Waals surface area contributed by atoms with Gasteiger partial charge in [-0.2, -0.15) is 15.5 Å². The number of rotatable bonds is 5. The van der Waals surface area contributed by atoms with Gasteiger partial charge in [-0.05, 0) is 35.4 Å². The van der Waals surface area contributed by atoms with Gasteiger partial charge in [-0.25, -0.2) is 4.68 Å². The molecule has 6 rings (SSSR count). The molecule has 0 fully saturated rings. The van der Waals surface area contributed by atoms with Gasteiger partial charge in [0.25, 0.3) is 0 Å². The fraction of sp³-hybridized carbons (Fsp3) is 0.0645. The van der Waals surface area contributed by atoms with E-state index in [1.165, 1.54) is 0 Å². The van der Waals surface area contributed by atoms with E-state index in [2.05, 4.69) is 30.3 Å². The van der Waals surface area contributed by atoms with Gasteiger partial charge in [-0.3, -0.25) is 5.01 Å². The van der Waals surface area contributed by atoms with E-state index in [1.54, 1.807) is 4.68 Å². The van der Waals surface area contributed by atoms with Crippen LogP contribution in [0, 0.1) is 11.3 Å². The highest BCUT2D eigenvalue weighted by Crippen LogP contribution is 2.46. The summed E-state index contributed by atoms with van der Waals surface area (Å²) in [5.74, 6) is -0.125. The highest BCUT2D eigenvalue weighted by Gasteiger charge is 2.43. The maximum Gasteiger partial charge on any atom is 0.110 e. The molecule has 0 aliphatic carbocycles. The van der Waals surface area contributed by atoms with Crippen molar-refractivity contribution in [3.63, 3.8) is 0 Å². The Labute approximate surface area is 210 Å². The number of aromatic nitrogens is 2. The molecular formula is C31H23N5. The first-order chi connectivity index (χ1) is 17.8. The van der Waals surface area contributed by atoms with Gasteiger partial charge in [0.2, 0.25) is 0 Å². The number of hydrogen-bond donors (Lipinski definition) is 0. The molecule has 4 aromatic carbocycles. The summed E-state index contributed by atoms with van der Waals surface area (Å²) in [6.07, 6.45) is 1.82. The van der Waals surface area contributed by atoms with Crippen molar-refractivity contribution in [2.45, 2.75) is 12.0 Å². The van der Waals surface area contributed by atoms with Crippen LogP contribution >= 0.6 is 0 Å². The monoisotopic (exact) mass is 465 g/mol. The molecule has 0 spiro atoms. The Balaban J connectivity index is 1.58. The van der Waals surface area contributed by atoms with Crippen LogP contribution in [-0.4, -0.2) is 15.5 Å². The van der Waals surface area contributed by atoms with Crippen molar-refractivity contribution in [2.24, 2.45) is 5.10 Å². The van der Waals surface area contributed by atoms with Gasteiger partial charge in [-0.15, -0.1) is 0 Å². The number of hydrazone groups is 1. The zero-order valence-corrected chi connectivity index (χ0v) is 19.5. The van der Waals surface area contributed by atoms with E-state index in [9.17, 15) is 5.26 Å². The first-order valence-corrected chi connectivity index (χ1v) is 11.9. The van der Waals surface area contributed by atoms with Crippen LogP contribution in [0.2, 0.25) is 0 Å². The average molecular weight is 466 g/mol. The fourth-order valence-corrected chi connectivity index (χ4v) is 4.86. The minimum atomic E-state index is -0.301. The third kappa shape index (κ3) is 3.85. The molecule has 2 heterocycles. The molecule has 0 saturated carbocycles. The lowest BCUT2D eigenvalue weighted by atomic mass is 9.83. The first kappa shape index (κ1) is 21.6. The molecule has 1 aliphatic heterocycles. The molecule has 0 N–H and O–H groups in total. The summed E-state index contributed by atoms with van der Waals surface area (Å²) in [6, 6.07) is 42.7. The second-order valence-corrected chi connectivity index (χ2v) is 8.68. The summed E-state index contributed by atoms with van der Waals surface area (Å²) < 4.78 is 1.79. The zero-order chi connectivity index (χ0) is 24.3. The van der Waals surface area contributed by atoms with Crippen LogP contribution in [0.3, 0.4) is 0 Å². The normalized spacial score (nSPS) is 17.0. The lowest BCUT2D eigenvalue weighted by Crippen LogP contribution is -2.26. The van der Waals surface area contributed by atoms with E-state index in [4.69, 9.17) is 10.2 Å². The van der Waals surface area contributed by atoms with Crippen LogP contribution in [0.15, 0.2) is 133 Å². The molecule has 5 aromatic rings. The minimum absolute atomic E-state index is 0.125. The molecule has 0 radical (unpaired) electrons. The van der Waals surface area contributed by atoms with Crippen molar-refractivity contribution in [3.8, 4) is 11.8 Å². The second-order valence-electron chi connectivity index (χ2n) is 8.68. The third-order valence-corrected chi connectivity index (χ3v) is 6.50. The molecule has 0 bridgehead atoms. The van der Waals surface area contributed by atoms with Gasteiger partial charge in [0.05, 0.1) is 28.6 Å². The molecule has 5 heteroatoms. The summed E-state index contributed by atoms with van der Waals surface area (Å²) in [4.78, 5) is 0. The summed E-state index contributed by atoms with van der Waals surface area (Å²) >= 11 is 0. The Kier molecular flexibility index (Phi) is 5.61. The largest absolute Gasteiger partial charge is 0.255 e. The van der Waals surface area contributed by atoms with Crippen molar-refractivity contribution in [3.05, 3.63) is 150 Å². The Morgan fingerprint density at radius 1 is 0.667 bits per heavy atom. The predicted octanol–water partition coefficient (Wildman–Crippen LogP) is 6.49. The molecule has 0 amide bonds. The molecule has 0 unspecified atom stereocenters. The fourth-order valence-electron chi connectivity index (χ4n) is 4.86. The van der Waals surface area contributed by atoms with E-state index in [0.717, 1.165) is 28.2 Å². The Morgan fingerprint density at radius 2 is 1.22 bits per heavy atom. The van der Waals surface area contributed by atoms with Gasteiger partial charge >= 0.3 is 0 Å². The van der Waals surface area contributed by atoms with Crippen molar-refractivity contribution in [1.29, 1.82) is 5.26 Å². The maximum atomic E-state index is 10.2. The Bertz CT molecular complexity index is 1530. The number of nitriles is 1. The van der Waals surface area contributed by atoms with Crippen molar-refractivity contribution < 1.29 is 0 Å². The SMILES string of the molecule is N#Cc1cn(-c2ccccc2)nc1[C@H]1[C@H](c2ccccc2)C(c2ccccc2)=NN1c1ccccc1. The highest BCUT2D eigenvalue weighted by atomic mass is 15.5. The zero-order valence-electron chi connectivity index (χ0n) is 19.5. The maximum absolute atomic E-state index is 10.2. The Hall–Kier alpha value is -4.95. The van der Waals surface area contributed by atoms with Gasteiger partial charge in [0.15, 0.2) is 0 Å². The number of benzene rings is 4. The molecule has 172 valence electrons. The highest BCUT2D eigenvalue weighted by molar-refractivity contribution is 6.08. The van der Waals surface area contributed by atoms with Crippen LogP contribution in [-0.2, 0) is 0 Å². The predicted molar refractivity (Wildman–Crippen MR) is 142 cm³/mol. The Morgan fingerprint density at radius 3 is 1.83 bits per heavy atom. The quantitative estimate of drug-likeness (QED) is 0.298. The topological polar surface area (TPSA) is 57.2 Å². The van der Waals surface area contributed by atoms with Crippen LogP contribution in [0.25, 0.3) is 5.69 Å². The van der Waals surface area contributed by atoms with E-state index < -0.39 is 0 Å². The van der Waals surface area contributed by atoms with Crippen molar-refractivity contribution in [1.82, 2.24) is 9.78 Å². The molecule has 5 nitrogen and oxygen atoms in total. The molecular weight excluding hydrogens is 442 g/mol. The molecule has 2 atom stereocenters. The van der Waals surface area contributed by atoms with E-state index >= 15 is 0 Å². The molecule has 36 heavy (non-hydrogen) atoms. The lowest BCUT2D eigenvalue weighted by Gasteiger charge is -2.27. The van der Waals surface area contributed by atoms with E-state index in [1.807, 2.05) is 108 Å². The molecule has 1 aliphatic rings. The summed E-state index contributed by atoms with van der Waals surface area (Å²) in [5, 5.41) is 22.4. The van der Waals surface area contributed by atoms with Crippen molar-refractivity contribution >= 4 is 11.4 Å². The summed E-state index contributed by atoms with van der Waals surface area (Å²) in [7, 11) is 0. The second kappa shape index (κ2) is 9.36. The summed E-state index contributed by atoms with van der Waals surface area (Å²) in [5.41, 5.74) is 6.23. The number of nitrogens with zero attached hydrogens (tertiary/aromatic N) is 5. The smallest absolute Gasteiger partial charge is 0.110 e. The van der Waals surface area contributed by atoms with Crippen LogP contribution < -0.4 is 5.01 Å².